The molecule has 2 heterocycles. The Labute approximate surface area is 264 Å². The number of carbonyl (C=O) groups excluding carboxylic acids is 2. The summed E-state index contributed by atoms with van der Waals surface area (Å²) in [5.41, 5.74) is 5.58. The predicted molar refractivity (Wildman–Crippen MR) is 168 cm³/mol. The second kappa shape index (κ2) is 13.2. The third-order valence-electron chi connectivity index (χ3n) is 6.83. The molecule has 0 fully saturated rings. The van der Waals surface area contributed by atoms with Gasteiger partial charge < -0.3 is 20.1 Å². The van der Waals surface area contributed by atoms with Crippen LogP contribution < -0.4 is 16.1 Å². The molecule has 4 aromatic rings. The maximum Gasteiger partial charge on any atom is 0.412 e. The van der Waals surface area contributed by atoms with Crippen LogP contribution in [0, 0.1) is 12.7 Å². The van der Waals surface area contributed by atoms with Gasteiger partial charge in [0.1, 0.15) is 29.0 Å². The number of imidazole rings is 1. The van der Waals surface area contributed by atoms with Crippen LogP contribution in [0.4, 0.5) is 14.9 Å². The first-order valence-electron chi connectivity index (χ1n) is 14.4. The number of nitrogens with zero attached hydrogens (tertiary/aromatic N) is 2. The molecule has 2 amide bonds. The lowest BCUT2D eigenvalue weighted by Crippen LogP contribution is -2.42. The molecule has 2 atom stereocenters. The molecule has 46 heavy (non-hydrogen) atoms. The van der Waals surface area contributed by atoms with E-state index in [1.807, 2.05) is 31.2 Å². The fourth-order valence-corrected chi connectivity index (χ4v) is 4.55. The Morgan fingerprint density at radius 2 is 1.78 bits per heavy atom. The third kappa shape index (κ3) is 7.93. The lowest BCUT2D eigenvalue weighted by molar-refractivity contribution is -0.139. The van der Waals surface area contributed by atoms with Crippen LogP contribution in [0.2, 0.25) is 0 Å². The molecule has 5 N–H and O–H groups in total. The van der Waals surface area contributed by atoms with Crippen LogP contribution in [-0.4, -0.2) is 50.5 Å². The zero-order valence-electron chi connectivity index (χ0n) is 25.6. The van der Waals surface area contributed by atoms with Crippen molar-refractivity contribution < 1.29 is 33.5 Å². The smallest absolute Gasteiger partial charge is 0.412 e. The molecule has 12 nitrogen and oxygen atoms in total. The topological polar surface area (TPSA) is 167 Å². The maximum absolute atomic E-state index is 15.2. The van der Waals surface area contributed by atoms with E-state index in [0.717, 1.165) is 11.1 Å². The Kier molecular flexibility index (Phi) is 9.14. The molecule has 0 radical (unpaired) electrons. The average Bonchev–Trinajstić information content (AvgIpc) is 3.68. The van der Waals surface area contributed by atoms with E-state index in [2.05, 4.69) is 31.1 Å². The Morgan fingerprint density at radius 1 is 1.07 bits per heavy atom. The number of H-pyrrole nitrogens is 1. The van der Waals surface area contributed by atoms with Gasteiger partial charge in [-0.1, -0.05) is 48.0 Å². The number of amides is 2. The number of benzene rings is 3. The summed E-state index contributed by atoms with van der Waals surface area (Å²) in [5.74, 6) is -1.97. The number of hydrogen-bond donors (Lipinski definition) is 5. The summed E-state index contributed by atoms with van der Waals surface area (Å²) in [7, 11) is 0. The van der Waals surface area contributed by atoms with Gasteiger partial charge in [-0.25, -0.2) is 34.3 Å². The van der Waals surface area contributed by atoms with Crippen molar-refractivity contribution in [1.82, 2.24) is 20.8 Å². The number of nitrogens with one attached hydrogen (secondary N) is 4. The average molecular weight is 629 g/mol. The number of aromatic amines is 1. The van der Waals surface area contributed by atoms with Gasteiger partial charge in [-0.15, -0.1) is 0 Å². The van der Waals surface area contributed by atoms with Crippen LogP contribution >= 0.6 is 0 Å². The number of aromatic nitrogens is 2. The van der Waals surface area contributed by atoms with Crippen molar-refractivity contribution in [3.63, 3.8) is 0 Å². The number of aliphatic imine (C=N–C) groups is 1. The normalized spacial score (nSPS) is 15.0. The molecule has 0 saturated heterocycles. The standard InChI is InChI=1S/C33H33FN6O6/c1-18-5-8-20(9-6-18)27-35-17-26(37-27)29(41)38-25(31(42)43)16-19-7-14-23(24(34)15-19)28-39-30(46-40-28)21-10-12-22(13-11-21)36-32(44)45-33(2,3)4/h5-15,17,25,30H,16H2,1-4H3,(H,35,37)(H,36,44)(H,38,41)(H,39,40)(H,42,43). The predicted octanol–water partition coefficient (Wildman–Crippen LogP) is 5.28. The van der Waals surface area contributed by atoms with Gasteiger partial charge in [0.25, 0.3) is 5.91 Å². The first-order chi connectivity index (χ1) is 21.8. The second-order valence-corrected chi connectivity index (χ2v) is 11.7. The largest absolute Gasteiger partial charge is 0.480 e. The van der Waals surface area contributed by atoms with Crippen molar-refractivity contribution in [1.29, 1.82) is 0 Å². The summed E-state index contributed by atoms with van der Waals surface area (Å²) in [6.07, 6.45) is -0.191. The van der Waals surface area contributed by atoms with Gasteiger partial charge in [-0.05, 0) is 57.5 Å². The summed E-state index contributed by atoms with van der Waals surface area (Å²) < 4.78 is 20.5. The number of halogens is 1. The van der Waals surface area contributed by atoms with Gasteiger partial charge in [-0.3, -0.25) is 10.1 Å². The van der Waals surface area contributed by atoms with Crippen molar-refractivity contribution >= 4 is 29.5 Å². The Morgan fingerprint density at radius 3 is 2.43 bits per heavy atom. The lowest BCUT2D eigenvalue weighted by atomic mass is 10.0. The van der Waals surface area contributed by atoms with Crippen LogP contribution in [-0.2, 0) is 20.8 Å². The molecule has 5 rings (SSSR count). The van der Waals surface area contributed by atoms with Gasteiger partial charge in [0, 0.05) is 23.2 Å². The van der Waals surface area contributed by atoms with Gasteiger partial charge in [0.2, 0.25) is 6.23 Å². The van der Waals surface area contributed by atoms with E-state index < -0.39 is 41.7 Å². The number of anilines is 1. The molecule has 1 aromatic heterocycles. The van der Waals surface area contributed by atoms with Crippen molar-refractivity contribution in [2.24, 2.45) is 4.99 Å². The second-order valence-electron chi connectivity index (χ2n) is 11.7. The van der Waals surface area contributed by atoms with E-state index in [0.29, 0.717) is 22.6 Å². The van der Waals surface area contributed by atoms with E-state index >= 15 is 4.39 Å². The van der Waals surface area contributed by atoms with Gasteiger partial charge >= 0.3 is 12.1 Å². The summed E-state index contributed by atoms with van der Waals surface area (Å²) in [6.45, 7) is 7.26. The minimum atomic E-state index is -1.33. The summed E-state index contributed by atoms with van der Waals surface area (Å²) in [6, 6.07) is 17.2. The molecule has 3 aromatic carbocycles. The lowest BCUT2D eigenvalue weighted by Gasteiger charge is -2.19. The number of aryl methyl sites for hydroxylation is 1. The highest BCUT2D eigenvalue weighted by Gasteiger charge is 2.26. The third-order valence-corrected chi connectivity index (χ3v) is 6.83. The molecule has 1 aliphatic rings. The van der Waals surface area contributed by atoms with Crippen molar-refractivity contribution in [2.45, 2.75) is 52.0 Å². The number of rotatable bonds is 9. The molecule has 238 valence electrons. The number of amidine groups is 1. The van der Waals surface area contributed by atoms with Crippen LogP contribution in [0.15, 0.2) is 77.9 Å². The first kappa shape index (κ1) is 31.9. The number of hydrogen-bond acceptors (Lipinski definition) is 8. The number of aliphatic carboxylic acids is 1. The van der Waals surface area contributed by atoms with E-state index in [9.17, 15) is 19.5 Å². The molecule has 0 spiro atoms. The fourth-order valence-electron chi connectivity index (χ4n) is 4.55. The number of hydroxylamine groups is 1. The van der Waals surface area contributed by atoms with Crippen LogP contribution in [0.25, 0.3) is 11.4 Å². The molecule has 13 heteroatoms. The highest BCUT2D eigenvalue weighted by atomic mass is 19.1. The number of ether oxygens (including phenoxy) is 1. The van der Waals surface area contributed by atoms with E-state index in [-0.39, 0.29) is 23.5 Å². The van der Waals surface area contributed by atoms with Crippen LogP contribution in [0.3, 0.4) is 0 Å². The Balaban J connectivity index is 1.21. The quantitative estimate of drug-likeness (QED) is 0.167. The monoisotopic (exact) mass is 628 g/mol. The maximum atomic E-state index is 15.2. The molecular formula is C33H33FN6O6. The number of carboxylic acids is 1. The van der Waals surface area contributed by atoms with E-state index in [1.165, 1.54) is 18.3 Å². The summed E-state index contributed by atoms with van der Waals surface area (Å²) in [4.78, 5) is 53.9. The zero-order chi connectivity index (χ0) is 33.0. The molecule has 0 saturated carbocycles. The zero-order valence-corrected chi connectivity index (χ0v) is 25.6. The summed E-state index contributed by atoms with van der Waals surface area (Å²) >= 11 is 0. The number of carboxylic acid groups (broad SMARTS) is 1. The minimum absolute atomic E-state index is 0.0946. The number of carbonyl (C=O) groups is 3. The highest BCUT2D eigenvalue weighted by Crippen LogP contribution is 2.26. The molecule has 1 aliphatic heterocycles. The molecule has 0 aliphatic carbocycles. The van der Waals surface area contributed by atoms with Gasteiger partial charge in [0.05, 0.1) is 11.8 Å². The molecular weight excluding hydrogens is 595 g/mol. The first-order valence-corrected chi connectivity index (χ1v) is 14.4. The minimum Gasteiger partial charge on any atom is -0.480 e. The SMILES string of the molecule is Cc1ccc(-c2ncc(C(=O)NC(Cc3ccc(C4=NC(c5ccc(NC(=O)OC(C)(C)C)cc5)ON4)c(F)c3)C(=O)O)[nH]2)cc1. The fraction of sp³-hybridized carbons (Fsp3) is 0.242. The van der Waals surface area contributed by atoms with E-state index in [1.54, 1.807) is 51.1 Å². The molecule has 0 bridgehead atoms. The van der Waals surface area contributed by atoms with Crippen molar-refractivity contribution in [3.05, 3.63) is 107 Å². The van der Waals surface area contributed by atoms with E-state index in [4.69, 9.17) is 9.57 Å². The molecule has 2 unspecified atom stereocenters. The highest BCUT2D eigenvalue weighted by molar-refractivity contribution is 5.99. The van der Waals surface area contributed by atoms with Crippen LogP contribution in [0.5, 0.6) is 0 Å². The van der Waals surface area contributed by atoms with Crippen LogP contribution in [0.1, 0.15) is 59.7 Å². The van der Waals surface area contributed by atoms with Crippen molar-refractivity contribution in [2.75, 3.05) is 5.32 Å². The Hall–Kier alpha value is -5.56. The van der Waals surface area contributed by atoms with Crippen molar-refractivity contribution in [3.8, 4) is 11.4 Å². The van der Waals surface area contributed by atoms with Gasteiger partial charge in [0.15, 0.2) is 5.84 Å². The van der Waals surface area contributed by atoms with Gasteiger partial charge in [-0.2, -0.15) is 0 Å². The Bertz CT molecular complexity index is 1780. The summed E-state index contributed by atoms with van der Waals surface area (Å²) in [5, 5.41) is 14.9.